The smallest absolute Gasteiger partial charge is 0.117 e. The van der Waals surface area contributed by atoms with Crippen LogP contribution in [0.3, 0.4) is 0 Å². The summed E-state index contributed by atoms with van der Waals surface area (Å²) >= 11 is 0. The van der Waals surface area contributed by atoms with E-state index in [4.69, 9.17) is 5.73 Å². The Kier molecular flexibility index (Phi) is 4.07. The Balaban J connectivity index is 2.50. The van der Waals surface area contributed by atoms with Crippen molar-refractivity contribution in [1.29, 1.82) is 0 Å². The Morgan fingerprint density at radius 1 is 1.16 bits per heavy atom. The van der Waals surface area contributed by atoms with Crippen molar-refractivity contribution in [2.24, 2.45) is 5.73 Å². The van der Waals surface area contributed by atoms with Crippen molar-refractivity contribution in [3.05, 3.63) is 53.6 Å². The standard InChI is InChI=1S/C16H20N2O/c1-3-18(14-5-4-6-15(19)10-14)16-9-12(2)7-8-13(16)11-17/h4-10,19H,3,11,17H2,1-2H3. The van der Waals surface area contributed by atoms with Gasteiger partial charge in [0.25, 0.3) is 0 Å². The Morgan fingerprint density at radius 2 is 1.95 bits per heavy atom. The van der Waals surface area contributed by atoms with Crippen LogP contribution in [0.25, 0.3) is 0 Å². The molecule has 0 unspecified atom stereocenters. The highest BCUT2D eigenvalue weighted by Gasteiger charge is 2.11. The molecule has 0 bridgehead atoms. The molecule has 0 atom stereocenters. The molecule has 100 valence electrons. The number of phenols is 1. The fourth-order valence-electron chi connectivity index (χ4n) is 2.25. The third kappa shape index (κ3) is 2.88. The van der Waals surface area contributed by atoms with Crippen LogP contribution in [0, 0.1) is 6.92 Å². The van der Waals surface area contributed by atoms with E-state index in [0.29, 0.717) is 6.54 Å². The predicted molar refractivity (Wildman–Crippen MR) is 79.9 cm³/mol. The molecule has 0 fully saturated rings. The number of hydrogen-bond donors (Lipinski definition) is 2. The van der Waals surface area contributed by atoms with Crippen molar-refractivity contribution in [1.82, 2.24) is 0 Å². The number of aryl methyl sites for hydroxylation is 1. The summed E-state index contributed by atoms with van der Waals surface area (Å²) < 4.78 is 0. The number of aromatic hydroxyl groups is 1. The monoisotopic (exact) mass is 256 g/mol. The molecule has 0 aliphatic heterocycles. The predicted octanol–water partition coefficient (Wildman–Crippen LogP) is 3.32. The zero-order chi connectivity index (χ0) is 13.8. The number of anilines is 2. The average molecular weight is 256 g/mol. The third-order valence-electron chi connectivity index (χ3n) is 3.21. The molecule has 0 spiro atoms. The summed E-state index contributed by atoms with van der Waals surface area (Å²) in [6, 6.07) is 13.6. The molecular weight excluding hydrogens is 236 g/mol. The van der Waals surface area contributed by atoms with Gasteiger partial charge in [0.1, 0.15) is 5.75 Å². The number of hydrogen-bond acceptors (Lipinski definition) is 3. The van der Waals surface area contributed by atoms with Gasteiger partial charge in [0, 0.05) is 30.5 Å². The lowest BCUT2D eigenvalue weighted by Crippen LogP contribution is -2.18. The second-order valence-corrected chi connectivity index (χ2v) is 4.60. The minimum Gasteiger partial charge on any atom is -0.508 e. The van der Waals surface area contributed by atoms with E-state index >= 15 is 0 Å². The molecule has 3 N–H and O–H groups in total. The molecule has 0 saturated heterocycles. The van der Waals surface area contributed by atoms with E-state index < -0.39 is 0 Å². The molecule has 0 heterocycles. The molecule has 3 nitrogen and oxygen atoms in total. The number of benzene rings is 2. The van der Waals surface area contributed by atoms with Crippen LogP contribution in [0.15, 0.2) is 42.5 Å². The van der Waals surface area contributed by atoms with Crippen LogP contribution in [0.2, 0.25) is 0 Å². The Hall–Kier alpha value is -2.00. The normalized spacial score (nSPS) is 10.5. The molecule has 0 saturated carbocycles. The maximum absolute atomic E-state index is 9.63. The summed E-state index contributed by atoms with van der Waals surface area (Å²) in [5.41, 5.74) is 10.2. The van der Waals surface area contributed by atoms with E-state index in [0.717, 1.165) is 23.5 Å². The van der Waals surface area contributed by atoms with E-state index in [1.165, 1.54) is 5.56 Å². The van der Waals surface area contributed by atoms with Crippen LogP contribution >= 0.6 is 0 Å². The van der Waals surface area contributed by atoms with Gasteiger partial charge in [-0.25, -0.2) is 0 Å². The minimum absolute atomic E-state index is 0.276. The van der Waals surface area contributed by atoms with Gasteiger partial charge in [0.05, 0.1) is 0 Å². The van der Waals surface area contributed by atoms with Crippen molar-refractivity contribution < 1.29 is 5.11 Å². The van der Waals surface area contributed by atoms with Crippen LogP contribution in [0.1, 0.15) is 18.1 Å². The molecule has 0 aromatic heterocycles. The van der Waals surface area contributed by atoms with Gasteiger partial charge in [-0.3, -0.25) is 0 Å². The molecule has 2 aromatic rings. The average Bonchev–Trinajstić information content (AvgIpc) is 2.40. The first-order valence-corrected chi connectivity index (χ1v) is 6.52. The van der Waals surface area contributed by atoms with Gasteiger partial charge in [-0.05, 0) is 43.2 Å². The molecule has 2 aromatic carbocycles. The summed E-state index contributed by atoms with van der Waals surface area (Å²) in [6.07, 6.45) is 0. The lowest BCUT2D eigenvalue weighted by atomic mass is 10.1. The SMILES string of the molecule is CCN(c1cccc(O)c1)c1cc(C)ccc1CN. The first-order chi connectivity index (χ1) is 9.15. The molecule has 0 aliphatic carbocycles. The van der Waals surface area contributed by atoms with Gasteiger partial charge in [-0.15, -0.1) is 0 Å². The largest absolute Gasteiger partial charge is 0.508 e. The zero-order valence-electron chi connectivity index (χ0n) is 11.4. The summed E-state index contributed by atoms with van der Waals surface area (Å²) in [7, 11) is 0. The van der Waals surface area contributed by atoms with Crippen LogP contribution in [0.4, 0.5) is 11.4 Å². The van der Waals surface area contributed by atoms with Crippen molar-refractivity contribution in [2.75, 3.05) is 11.4 Å². The van der Waals surface area contributed by atoms with Crippen LogP contribution in [0.5, 0.6) is 5.75 Å². The van der Waals surface area contributed by atoms with E-state index in [1.807, 2.05) is 12.1 Å². The van der Waals surface area contributed by atoms with Crippen LogP contribution in [-0.4, -0.2) is 11.7 Å². The Morgan fingerprint density at radius 3 is 2.58 bits per heavy atom. The van der Waals surface area contributed by atoms with Crippen molar-refractivity contribution >= 4 is 11.4 Å². The third-order valence-corrected chi connectivity index (χ3v) is 3.21. The fourth-order valence-corrected chi connectivity index (χ4v) is 2.25. The first kappa shape index (κ1) is 13.4. The summed E-state index contributed by atoms with van der Waals surface area (Å²) in [6.45, 7) is 5.48. The molecule has 0 aliphatic rings. The second-order valence-electron chi connectivity index (χ2n) is 4.60. The van der Waals surface area contributed by atoms with E-state index in [-0.39, 0.29) is 5.75 Å². The number of nitrogens with zero attached hydrogens (tertiary/aromatic N) is 1. The fraction of sp³-hybridized carbons (Fsp3) is 0.250. The van der Waals surface area contributed by atoms with Gasteiger partial charge >= 0.3 is 0 Å². The topological polar surface area (TPSA) is 49.5 Å². The number of nitrogens with two attached hydrogens (primary N) is 1. The van der Waals surface area contributed by atoms with Gasteiger partial charge in [-0.2, -0.15) is 0 Å². The van der Waals surface area contributed by atoms with Crippen molar-refractivity contribution in [3.63, 3.8) is 0 Å². The first-order valence-electron chi connectivity index (χ1n) is 6.52. The van der Waals surface area contributed by atoms with Crippen LogP contribution < -0.4 is 10.6 Å². The maximum atomic E-state index is 9.63. The Labute approximate surface area is 114 Å². The number of phenolic OH excluding ortho intramolecular Hbond substituents is 1. The van der Waals surface area contributed by atoms with Crippen LogP contribution in [-0.2, 0) is 6.54 Å². The zero-order valence-corrected chi connectivity index (χ0v) is 11.4. The molecule has 0 amide bonds. The molecule has 19 heavy (non-hydrogen) atoms. The summed E-state index contributed by atoms with van der Waals surface area (Å²) in [5.74, 6) is 0.276. The Bertz CT molecular complexity index is 566. The van der Waals surface area contributed by atoms with E-state index in [2.05, 4.69) is 36.9 Å². The molecule has 2 rings (SSSR count). The molecule has 3 heteroatoms. The summed E-state index contributed by atoms with van der Waals surface area (Å²) in [4.78, 5) is 2.16. The minimum atomic E-state index is 0.276. The van der Waals surface area contributed by atoms with Crippen molar-refractivity contribution in [2.45, 2.75) is 20.4 Å². The van der Waals surface area contributed by atoms with Gasteiger partial charge in [0.15, 0.2) is 0 Å². The highest BCUT2D eigenvalue weighted by molar-refractivity contribution is 5.68. The lowest BCUT2D eigenvalue weighted by molar-refractivity contribution is 0.475. The number of rotatable bonds is 4. The van der Waals surface area contributed by atoms with Crippen molar-refractivity contribution in [3.8, 4) is 5.75 Å². The van der Waals surface area contributed by atoms with E-state index in [9.17, 15) is 5.11 Å². The second kappa shape index (κ2) is 5.76. The van der Waals surface area contributed by atoms with Gasteiger partial charge in [-0.1, -0.05) is 18.2 Å². The summed E-state index contributed by atoms with van der Waals surface area (Å²) in [5, 5.41) is 9.63. The molecular formula is C16H20N2O. The maximum Gasteiger partial charge on any atom is 0.117 e. The van der Waals surface area contributed by atoms with Gasteiger partial charge < -0.3 is 15.7 Å². The highest BCUT2D eigenvalue weighted by atomic mass is 16.3. The van der Waals surface area contributed by atoms with Gasteiger partial charge in [0.2, 0.25) is 0 Å². The van der Waals surface area contributed by atoms with E-state index in [1.54, 1.807) is 12.1 Å². The lowest BCUT2D eigenvalue weighted by Gasteiger charge is -2.26. The quantitative estimate of drug-likeness (QED) is 0.882. The highest BCUT2D eigenvalue weighted by Crippen LogP contribution is 2.31. The molecule has 0 radical (unpaired) electrons.